The van der Waals surface area contributed by atoms with Crippen molar-refractivity contribution in [2.45, 2.75) is 32.5 Å². The molecule has 3 rings (SSSR count). The van der Waals surface area contributed by atoms with Gasteiger partial charge in [-0.05, 0) is 30.2 Å². The number of hydrogen-bond acceptors (Lipinski definition) is 4. The Morgan fingerprint density at radius 3 is 2.26 bits per heavy atom. The SMILES string of the molecule is CC(N[C@H](C)c1ccccc1)c1nnn(Cc2ccccc2)n1. The first-order valence-corrected chi connectivity index (χ1v) is 7.85. The fourth-order valence-corrected chi connectivity index (χ4v) is 2.53. The van der Waals surface area contributed by atoms with Crippen molar-refractivity contribution < 1.29 is 0 Å². The van der Waals surface area contributed by atoms with E-state index in [1.54, 1.807) is 4.80 Å². The van der Waals surface area contributed by atoms with Crippen LogP contribution in [-0.2, 0) is 6.54 Å². The van der Waals surface area contributed by atoms with Crippen molar-refractivity contribution in [3.8, 4) is 0 Å². The van der Waals surface area contributed by atoms with Crippen molar-refractivity contribution in [3.05, 3.63) is 77.6 Å². The highest BCUT2D eigenvalue weighted by Crippen LogP contribution is 2.16. The van der Waals surface area contributed by atoms with Crippen LogP contribution < -0.4 is 5.32 Å². The van der Waals surface area contributed by atoms with Crippen LogP contribution in [0.3, 0.4) is 0 Å². The lowest BCUT2D eigenvalue weighted by molar-refractivity contribution is 0.473. The minimum absolute atomic E-state index is 0.0368. The molecule has 5 heteroatoms. The molecular weight excluding hydrogens is 286 g/mol. The molecule has 2 aromatic carbocycles. The summed E-state index contributed by atoms with van der Waals surface area (Å²) in [7, 11) is 0. The number of aromatic nitrogens is 4. The summed E-state index contributed by atoms with van der Waals surface area (Å²) in [6.45, 7) is 4.83. The zero-order chi connectivity index (χ0) is 16.1. The van der Waals surface area contributed by atoms with Gasteiger partial charge in [0.2, 0.25) is 0 Å². The highest BCUT2D eigenvalue weighted by Gasteiger charge is 2.15. The number of nitrogens with one attached hydrogen (secondary N) is 1. The maximum atomic E-state index is 4.48. The largest absolute Gasteiger partial charge is 0.301 e. The van der Waals surface area contributed by atoms with Crippen LogP contribution >= 0.6 is 0 Å². The third kappa shape index (κ3) is 4.02. The maximum Gasteiger partial charge on any atom is 0.191 e. The van der Waals surface area contributed by atoms with Gasteiger partial charge in [0.25, 0.3) is 0 Å². The third-order valence-electron chi connectivity index (χ3n) is 3.82. The summed E-state index contributed by atoms with van der Waals surface area (Å²) in [5, 5.41) is 16.3. The smallest absolute Gasteiger partial charge is 0.191 e. The molecule has 0 saturated heterocycles. The number of rotatable bonds is 6. The summed E-state index contributed by atoms with van der Waals surface area (Å²) >= 11 is 0. The molecule has 0 aliphatic rings. The normalized spacial score (nSPS) is 13.7. The van der Waals surface area contributed by atoms with Gasteiger partial charge in [0.1, 0.15) is 0 Å². The van der Waals surface area contributed by atoms with Gasteiger partial charge in [0.05, 0.1) is 12.6 Å². The van der Waals surface area contributed by atoms with Crippen molar-refractivity contribution >= 4 is 0 Å². The van der Waals surface area contributed by atoms with Crippen molar-refractivity contribution in [1.82, 2.24) is 25.5 Å². The molecule has 0 radical (unpaired) electrons. The number of nitrogens with zero attached hydrogens (tertiary/aromatic N) is 4. The quantitative estimate of drug-likeness (QED) is 0.760. The van der Waals surface area contributed by atoms with Crippen LogP contribution in [0.15, 0.2) is 60.7 Å². The summed E-state index contributed by atoms with van der Waals surface area (Å²) in [5.74, 6) is 0.712. The molecule has 5 nitrogen and oxygen atoms in total. The molecule has 23 heavy (non-hydrogen) atoms. The molecule has 0 saturated carbocycles. The Morgan fingerprint density at radius 1 is 0.913 bits per heavy atom. The molecule has 0 aliphatic carbocycles. The van der Waals surface area contributed by atoms with Crippen molar-refractivity contribution in [2.24, 2.45) is 0 Å². The van der Waals surface area contributed by atoms with E-state index >= 15 is 0 Å². The highest BCUT2D eigenvalue weighted by atomic mass is 15.6. The number of benzene rings is 2. The number of tetrazole rings is 1. The van der Waals surface area contributed by atoms with E-state index in [-0.39, 0.29) is 12.1 Å². The Kier molecular flexibility index (Phi) is 4.78. The van der Waals surface area contributed by atoms with Gasteiger partial charge in [-0.25, -0.2) is 0 Å². The van der Waals surface area contributed by atoms with Crippen LogP contribution in [0.5, 0.6) is 0 Å². The molecule has 0 bridgehead atoms. The molecular formula is C18H21N5. The molecule has 118 valence electrons. The first-order chi connectivity index (χ1) is 11.2. The summed E-state index contributed by atoms with van der Waals surface area (Å²) in [4.78, 5) is 1.63. The summed E-state index contributed by atoms with van der Waals surface area (Å²) in [6.07, 6.45) is 0. The van der Waals surface area contributed by atoms with Gasteiger partial charge < -0.3 is 5.32 Å². The summed E-state index contributed by atoms with van der Waals surface area (Å²) in [5.41, 5.74) is 2.41. The first-order valence-electron chi connectivity index (χ1n) is 7.85. The van der Waals surface area contributed by atoms with E-state index in [2.05, 4.69) is 58.8 Å². The van der Waals surface area contributed by atoms with Gasteiger partial charge >= 0.3 is 0 Å². The van der Waals surface area contributed by atoms with Gasteiger partial charge in [-0.3, -0.25) is 0 Å². The molecule has 1 aromatic heterocycles. The zero-order valence-corrected chi connectivity index (χ0v) is 13.4. The van der Waals surface area contributed by atoms with Gasteiger partial charge in [-0.2, -0.15) is 4.80 Å². The van der Waals surface area contributed by atoms with Crippen LogP contribution in [0.4, 0.5) is 0 Å². The third-order valence-corrected chi connectivity index (χ3v) is 3.82. The van der Waals surface area contributed by atoms with Gasteiger partial charge in [0.15, 0.2) is 5.82 Å². The monoisotopic (exact) mass is 307 g/mol. The van der Waals surface area contributed by atoms with Gasteiger partial charge in [-0.1, -0.05) is 60.7 Å². The Bertz CT molecular complexity index is 723. The summed E-state index contributed by atoms with van der Waals surface area (Å²) < 4.78 is 0. The van der Waals surface area contributed by atoms with Crippen LogP contribution in [0, 0.1) is 0 Å². The second kappa shape index (κ2) is 7.15. The van der Waals surface area contributed by atoms with E-state index in [1.807, 2.05) is 36.4 Å². The standard InChI is InChI=1S/C18H21N5/c1-14(17-11-7-4-8-12-17)19-15(2)18-20-22-23(21-18)13-16-9-5-3-6-10-16/h3-12,14-15,19H,13H2,1-2H3/t14-,15?/m1/s1. The topological polar surface area (TPSA) is 55.6 Å². The predicted octanol–water partition coefficient (Wildman–Crippen LogP) is 3.13. The Balaban J connectivity index is 1.63. The lowest BCUT2D eigenvalue weighted by atomic mass is 10.1. The summed E-state index contributed by atoms with van der Waals surface area (Å²) in [6, 6.07) is 20.8. The van der Waals surface area contributed by atoms with Crippen LogP contribution in [-0.4, -0.2) is 20.2 Å². The molecule has 0 spiro atoms. The zero-order valence-electron chi connectivity index (χ0n) is 13.4. The van der Waals surface area contributed by atoms with Crippen LogP contribution in [0.1, 0.15) is 42.9 Å². The minimum Gasteiger partial charge on any atom is -0.301 e. The number of hydrogen-bond donors (Lipinski definition) is 1. The minimum atomic E-state index is 0.0368. The van der Waals surface area contributed by atoms with E-state index in [1.165, 1.54) is 5.56 Å². The average molecular weight is 307 g/mol. The molecule has 1 N–H and O–H groups in total. The molecule has 3 aromatic rings. The second-order valence-electron chi connectivity index (χ2n) is 5.68. The first kappa shape index (κ1) is 15.4. The van der Waals surface area contributed by atoms with E-state index in [4.69, 9.17) is 0 Å². The lowest BCUT2D eigenvalue weighted by Gasteiger charge is -2.17. The van der Waals surface area contributed by atoms with E-state index in [0.717, 1.165) is 5.56 Å². The Hall–Kier alpha value is -2.53. The Labute approximate surface area is 136 Å². The van der Waals surface area contributed by atoms with Crippen LogP contribution in [0.25, 0.3) is 0 Å². The maximum absolute atomic E-state index is 4.48. The fourth-order valence-electron chi connectivity index (χ4n) is 2.53. The van der Waals surface area contributed by atoms with E-state index in [0.29, 0.717) is 12.4 Å². The van der Waals surface area contributed by atoms with Gasteiger partial charge in [0, 0.05) is 6.04 Å². The highest BCUT2D eigenvalue weighted by molar-refractivity contribution is 5.18. The Morgan fingerprint density at radius 2 is 1.57 bits per heavy atom. The second-order valence-corrected chi connectivity index (χ2v) is 5.68. The molecule has 0 aliphatic heterocycles. The molecule has 0 amide bonds. The predicted molar refractivity (Wildman–Crippen MR) is 89.8 cm³/mol. The van der Waals surface area contributed by atoms with E-state index < -0.39 is 0 Å². The molecule has 2 atom stereocenters. The molecule has 1 heterocycles. The van der Waals surface area contributed by atoms with Gasteiger partial charge in [-0.15, -0.1) is 10.2 Å². The van der Waals surface area contributed by atoms with Crippen molar-refractivity contribution in [3.63, 3.8) is 0 Å². The molecule has 0 fully saturated rings. The molecule has 1 unspecified atom stereocenters. The fraction of sp³-hybridized carbons (Fsp3) is 0.278. The van der Waals surface area contributed by atoms with Crippen molar-refractivity contribution in [2.75, 3.05) is 0 Å². The van der Waals surface area contributed by atoms with Crippen LogP contribution in [0.2, 0.25) is 0 Å². The van der Waals surface area contributed by atoms with Crippen molar-refractivity contribution in [1.29, 1.82) is 0 Å². The lowest BCUT2D eigenvalue weighted by Crippen LogP contribution is -2.23. The average Bonchev–Trinajstić information content (AvgIpc) is 3.05. The van der Waals surface area contributed by atoms with E-state index in [9.17, 15) is 0 Å².